The fourth-order valence-electron chi connectivity index (χ4n) is 2.87. The lowest BCUT2D eigenvalue weighted by molar-refractivity contribution is -0.119. The molecule has 9 heteroatoms. The number of aryl methyl sites for hydroxylation is 1. The number of carbonyl (C=O) groups is 2. The fraction of sp³-hybridized carbons (Fsp3) is 0.0952. The third-order valence-corrected chi connectivity index (χ3v) is 5.87. The van der Waals surface area contributed by atoms with E-state index in [1.165, 1.54) is 23.5 Å². The Hall–Kier alpha value is -3.04. The zero-order valence-electron chi connectivity index (χ0n) is 15.7. The lowest BCUT2D eigenvalue weighted by Gasteiger charge is -2.07. The first kappa shape index (κ1) is 20.2. The quantitative estimate of drug-likeness (QED) is 0.397. The summed E-state index contributed by atoms with van der Waals surface area (Å²) in [4.78, 5) is 25.6. The van der Waals surface area contributed by atoms with Gasteiger partial charge >= 0.3 is 5.97 Å². The van der Waals surface area contributed by atoms with Crippen LogP contribution in [-0.4, -0.2) is 28.3 Å². The van der Waals surface area contributed by atoms with E-state index in [1.54, 1.807) is 16.8 Å². The van der Waals surface area contributed by atoms with E-state index in [1.807, 2.05) is 37.3 Å². The van der Waals surface area contributed by atoms with Crippen molar-refractivity contribution in [3.05, 3.63) is 75.5 Å². The van der Waals surface area contributed by atoms with E-state index in [0.717, 1.165) is 21.6 Å². The van der Waals surface area contributed by atoms with E-state index in [9.17, 15) is 14.0 Å². The molecule has 1 amide bonds. The molecule has 2 heterocycles. The molecular formula is C21H15BrFN3O3S. The SMILES string of the molecule is Cc1nn(-c2ccccc2)c2sc(C(=O)OCC(=O)Nc3ccc(Br)cc3F)cc12. The molecule has 0 radical (unpaired) electrons. The number of fused-ring (bicyclic) bond motifs is 1. The number of hydrogen-bond donors (Lipinski definition) is 1. The molecule has 0 saturated carbocycles. The van der Waals surface area contributed by atoms with Crippen molar-refractivity contribution >= 4 is 55.0 Å². The van der Waals surface area contributed by atoms with Gasteiger partial charge in [0, 0.05) is 9.86 Å². The molecule has 0 aliphatic heterocycles. The average molecular weight is 488 g/mol. The summed E-state index contributed by atoms with van der Waals surface area (Å²) < 4.78 is 21.2. The van der Waals surface area contributed by atoms with E-state index in [4.69, 9.17) is 4.74 Å². The molecule has 4 rings (SSSR count). The zero-order chi connectivity index (χ0) is 21.3. The molecule has 0 bridgehead atoms. The number of para-hydroxylation sites is 1. The molecule has 0 fully saturated rings. The lowest BCUT2D eigenvalue weighted by atomic mass is 10.3. The van der Waals surface area contributed by atoms with Crippen molar-refractivity contribution < 1.29 is 18.7 Å². The van der Waals surface area contributed by atoms with Crippen LogP contribution in [-0.2, 0) is 9.53 Å². The van der Waals surface area contributed by atoms with Gasteiger partial charge in [-0.2, -0.15) is 5.10 Å². The van der Waals surface area contributed by atoms with Crippen LogP contribution in [0.3, 0.4) is 0 Å². The van der Waals surface area contributed by atoms with Gasteiger partial charge in [0.25, 0.3) is 5.91 Å². The molecule has 0 spiro atoms. The van der Waals surface area contributed by atoms with Crippen LogP contribution in [0, 0.1) is 12.7 Å². The summed E-state index contributed by atoms with van der Waals surface area (Å²) in [7, 11) is 0. The minimum atomic E-state index is -0.627. The summed E-state index contributed by atoms with van der Waals surface area (Å²) in [5.41, 5.74) is 1.68. The zero-order valence-corrected chi connectivity index (χ0v) is 18.1. The molecule has 4 aromatic rings. The predicted molar refractivity (Wildman–Crippen MR) is 117 cm³/mol. The Morgan fingerprint density at radius 1 is 1.20 bits per heavy atom. The smallest absolute Gasteiger partial charge is 0.348 e. The number of hydrogen-bond acceptors (Lipinski definition) is 5. The molecule has 152 valence electrons. The standard InChI is InChI=1S/C21H15BrFN3O3S/c1-12-15-10-18(30-20(15)26(25-12)14-5-3-2-4-6-14)21(28)29-11-19(27)24-17-8-7-13(22)9-16(17)23/h2-10H,11H2,1H3,(H,24,27). The minimum Gasteiger partial charge on any atom is -0.451 e. The summed E-state index contributed by atoms with van der Waals surface area (Å²) in [5, 5.41) is 7.76. The van der Waals surface area contributed by atoms with Crippen molar-refractivity contribution in [1.82, 2.24) is 9.78 Å². The summed E-state index contributed by atoms with van der Waals surface area (Å²) in [6.45, 7) is 1.34. The van der Waals surface area contributed by atoms with Crippen LogP contribution in [0.4, 0.5) is 10.1 Å². The number of thiophene rings is 1. The summed E-state index contributed by atoms with van der Waals surface area (Å²) in [6, 6.07) is 15.5. The van der Waals surface area contributed by atoms with Crippen LogP contribution >= 0.6 is 27.3 Å². The Bertz CT molecular complexity index is 1250. The second-order valence-electron chi connectivity index (χ2n) is 6.41. The van der Waals surface area contributed by atoms with Gasteiger partial charge in [0.05, 0.1) is 17.1 Å². The fourth-order valence-corrected chi connectivity index (χ4v) is 4.28. The molecule has 0 aliphatic rings. The molecule has 0 aliphatic carbocycles. The van der Waals surface area contributed by atoms with Gasteiger partial charge in [-0.15, -0.1) is 11.3 Å². The number of nitrogens with zero attached hydrogens (tertiary/aromatic N) is 2. The van der Waals surface area contributed by atoms with Crippen LogP contribution in [0.1, 0.15) is 15.4 Å². The Balaban J connectivity index is 1.46. The monoisotopic (exact) mass is 487 g/mol. The van der Waals surface area contributed by atoms with Gasteiger partial charge in [0.2, 0.25) is 0 Å². The van der Waals surface area contributed by atoms with Crippen molar-refractivity contribution in [3.63, 3.8) is 0 Å². The number of anilines is 1. The Kier molecular flexibility index (Phi) is 5.65. The van der Waals surface area contributed by atoms with Crippen molar-refractivity contribution in [1.29, 1.82) is 0 Å². The van der Waals surface area contributed by atoms with E-state index >= 15 is 0 Å². The second kappa shape index (κ2) is 8.37. The Morgan fingerprint density at radius 2 is 1.97 bits per heavy atom. The van der Waals surface area contributed by atoms with E-state index in [2.05, 4.69) is 26.3 Å². The van der Waals surface area contributed by atoms with Gasteiger partial charge in [-0.1, -0.05) is 34.1 Å². The number of carbonyl (C=O) groups excluding carboxylic acids is 2. The highest BCUT2D eigenvalue weighted by Gasteiger charge is 2.19. The van der Waals surface area contributed by atoms with E-state index < -0.39 is 24.3 Å². The number of benzene rings is 2. The largest absolute Gasteiger partial charge is 0.451 e. The second-order valence-corrected chi connectivity index (χ2v) is 8.36. The third-order valence-electron chi connectivity index (χ3n) is 4.29. The highest BCUT2D eigenvalue weighted by molar-refractivity contribution is 9.10. The number of nitrogens with one attached hydrogen (secondary N) is 1. The maximum Gasteiger partial charge on any atom is 0.348 e. The first-order valence-electron chi connectivity index (χ1n) is 8.89. The lowest BCUT2D eigenvalue weighted by Crippen LogP contribution is -2.21. The van der Waals surface area contributed by atoms with Crippen molar-refractivity contribution in [2.75, 3.05) is 11.9 Å². The van der Waals surface area contributed by atoms with Gasteiger partial charge in [0.15, 0.2) is 6.61 Å². The summed E-state index contributed by atoms with van der Waals surface area (Å²) in [6.07, 6.45) is 0. The van der Waals surface area contributed by atoms with Gasteiger partial charge < -0.3 is 10.1 Å². The Morgan fingerprint density at radius 3 is 2.70 bits per heavy atom. The maximum atomic E-state index is 13.8. The van der Waals surface area contributed by atoms with Crippen molar-refractivity contribution in [2.24, 2.45) is 0 Å². The highest BCUT2D eigenvalue weighted by atomic mass is 79.9. The van der Waals surface area contributed by atoms with E-state index in [0.29, 0.717) is 9.35 Å². The van der Waals surface area contributed by atoms with Gasteiger partial charge in [-0.3, -0.25) is 4.79 Å². The first-order chi connectivity index (χ1) is 14.4. The molecule has 1 N–H and O–H groups in total. The van der Waals surface area contributed by atoms with Crippen molar-refractivity contribution in [3.8, 4) is 5.69 Å². The van der Waals surface area contributed by atoms with Crippen LogP contribution < -0.4 is 5.32 Å². The molecule has 0 unspecified atom stereocenters. The topological polar surface area (TPSA) is 73.2 Å². The normalized spacial score (nSPS) is 10.9. The van der Waals surface area contributed by atoms with Gasteiger partial charge in [0.1, 0.15) is 15.5 Å². The highest BCUT2D eigenvalue weighted by Crippen LogP contribution is 2.30. The van der Waals surface area contributed by atoms with Crippen LogP contribution in [0.25, 0.3) is 15.9 Å². The Labute approximate surface area is 183 Å². The van der Waals surface area contributed by atoms with Crippen molar-refractivity contribution in [2.45, 2.75) is 6.92 Å². The molecule has 2 aromatic heterocycles. The maximum absolute atomic E-state index is 13.8. The molecule has 0 atom stereocenters. The third kappa shape index (κ3) is 4.12. The summed E-state index contributed by atoms with van der Waals surface area (Å²) in [5.74, 6) is -1.84. The van der Waals surface area contributed by atoms with Crippen LogP contribution in [0.2, 0.25) is 0 Å². The number of esters is 1. The number of ether oxygens (including phenoxy) is 1. The van der Waals surface area contributed by atoms with Crippen LogP contribution in [0.5, 0.6) is 0 Å². The number of amides is 1. The summed E-state index contributed by atoms with van der Waals surface area (Å²) >= 11 is 4.38. The number of aromatic nitrogens is 2. The number of rotatable bonds is 5. The minimum absolute atomic E-state index is 0.0136. The van der Waals surface area contributed by atoms with E-state index in [-0.39, 0.29) is 5.69 Å². The molecule has 30 heavy (non-hydrogen) atoms. The first-order valence-corrected chi connectivity index (χ1v) is 10.5. The number of halogens is 2. The molecular weight excluding hydrogens is 473 g/mol. The molecule has 0 saturated heterocycles. The average Bonchev–Trinajstić information content (AvgIpc) is 3.30. The van der Waals surface area contributed by atoms with Gasteiger partial charge in [-0.25, -0.2) is 13.9 Å². The predicted octanol–water partition coefficient (Wildman–Crippen LogP) is 5.09. The molecule has 6 nitrogen and oxygen atoms in total. The van der Waals surface area contributed by atoms with Crippen LogP contribution in [0.15, 0.2) is 59.1 Å². The van der Waals surface area contributed by atoms with Gasteiger partial charge in [-0.05, 0) is 43.3 Å². The molecule has 2 aromatic carbocycles.